The zero-order chi connectivity index (χ0) is 18.8. The van der Waals surface area contributed by atoms with Gasteiger partial charge in [0.1, 0.15) is 17.0 Å². The van der Waals surface area contributed by atoms with Gasteiger partial charge in [-0.15, -0.1) is 0 Å². The summed E-state index contributed by atoms with van der Waals surface area (Å²) in [7, 11) is 2.70. The molecule has 0 aliphatic rings. The molecule has 130 valence electrons. The minimum atomic E-state index is -0.533. The van der Waals surface area contributed by atoms with Crippen molar-refractivity contribution in [2.75, 3.05) is 14.2 Å². The van der Waals surface area contributed by atoms with Crippen molar-refractivity contribution in [2.45, 2.75) is 0 Å². The summed E-state index contributed by atoms with van der Waals surface area (Å²) in [5.74, 6) is -0.131. The van der Waals surface area contributed by atoms with Crippen molar-refractivity contribution >= 4 is 17.0 Å². The topological polar surface area (TPSA) is 110 Å². The van der Waals surface area contributed by atoms with Crippen LogP contribution in [0.2, 0.25) is 0 Å². The van der Waals surface area contributed by atoms with E-state index in [9.17, 15) is 20.2 Å². The van der Waals surface area contributed by atoms with Gasteiger partial charge in [-0.1, -0.05) is 12.1 Å². The van der Waals surface area contributed by atoms with Crippen LogP contribution in [0.5, 0.6) is 5.75 Å². The van der Waals surface area contributed by atoms with E-state index in [0.717, 1.165) is 0 Å². The number of ether oxygens (including phenoxy) is 2. The molecule has 3 rings (SSSR count). The molecule has 0 aliphatic carbocycles. The van der Waals surface area contributed by atoms with Crippen LogP contribution in [0, 0.1) is 21.4 Å². The first-order chi connectivity index (χ1) is 12.5. The summed E-state index contributed by atoms with van der Waals surface area (Å²) in [6.07, 6.45) is 0. The van der Waals surface area contributed by atoms with Gasteiger partial charge in [0.25, 0.3) is 5.52 Å². The molecule has 0 spiro atoms. The molecule has 0 saturated heterocycles. The van der Waals surface area contributed by atoms with Crippen LogP contribution in [0.3, 0.4) is 0 Å². The van der Waals surface area contributed by atoms with Crippen molar-refractivity contribution in [3.8, 4) is 23.1 Å². The lowest BCUT2D eigenvalue weighted by Crippen LogP contribution is -2.24. The Hall–Kier alpha value is -3.86. The Morgan fingerprint density at radius 2 is 1.88 bits per heavy atom. The van der Waals surface area contributed by atoms with Crippen LogP contribution in [0.4, 0.5) is 0 Å². The first-order valence-corrected chi connectivity index (χ1v) is 7.47. The quantitative estimate of drug-likeness (QED) is 0.528. The molecule has 0 bridgehead atoms. The monoisotopic (exact) mass is 351 g/mol. The summed E-state index contributed by atoms with van der Waals surface area (Å²) in [6.45, 7) is 0. The Morgan fingerprint density at radius 1 is 1.19 bits per heavy atom. The van der Waals surface area contributed by atoms with Gasteiger partial charge in [-0.25, -0.2) is 4.79 Å². The molecule has 0 atom stereocenters. The van der Waals surface area contributed by atoms with Crippen LogP contribution in [0.15, 0.2) is 42.5 Å². The van der Waals surface area contributed by atoms with Crippen molar-refractivity contribution in [2.24, 2.45) is 0 Å². The van der Waals surface area contributed by atoms with E-state index in [1.165, 1.54) is 56.7 Å². The highest BCUT2D eigenvalue weighted by Crippen LogP contribution is 2.27. The third-order valence-electron chi connectivity index (χ3n) is 3.94. The molecule has 8 heteroatoms. The van der Waals surface area contributed by atoms with Gasteiger partial charge in [0, 0.05) is 22.6 Å². The third kappa shape index (κ3) is 2.61. The predicted molar refractivity (Wildman–Crippen MR) is 92.1 cm³/mol. The Balaban J connectivity index is 2.31. The first-order valence-electron chi connectivity index (χ1n) is 7.47. The number of benzene rings is 2. The number of nitriles is 1. The first kappa shape index (κ1) is 17.0. The molecule has 0 saturated carbocycles. The van der Waals surface area contributed by atoms with Crippen molar-refractivity contribution in [3.63, 3.8) is 0 Å². The molecule has 1 aromatic heterocycles. The number of rotatable bonds is 3. The predicted octanol–water partition coefficient (Wildman–Crippen LogP) is 2.24. The van der Waals surface area contributed by atoms with Gasteiger partial charge in [0.2, 0.25) is 0 Å². The standard InChI is InChI=1S/C18H13N3O5/c1-25-13-7-8-14-15(9-13)21(24)17(16(10-19)20(14)23)11-3-5-12(6-4-11)18(22)26-2/h3-9H,1-2H3. The Labute approximate surface area is 147 Å². The van der Waals surface area contributed by atoms with Gasteiger partial charge in [-0.2, -0.15) is 5.26 Å². The average molecular weight is 351 g/mol. The molecule has 3 aromatic rings. The van der Waals surface area contributed by atoms with Crippen molar-refractivity contribution in [1.29, 1.82) is 5.26 Å². The smallest absolute Gasteiger partial charge is 0.363 e. The molecule has 0 amide bonds. The lowest BCUT2D eigenvalue weighted by molar-refractivity contribution is -0.467. The molecule has 0 aliphatic heterocycles. The molecule has 8 nitrogen and oxygen atoms in total. The number of esters is 1. The minimum absolute atomic E-state index is 0.0484. The van der Waals surface area contributed by atoms with E-state index in [1.807, 2.05) is 0 Å². The number of aromatic nitrogens is 2. The Kier molecular flexibility index (Phi) is 4.29. The Morgan fingerprint density at radius 3 is 2.46 bits per heavy atom. The zero-order valence-corrected chi connectivity index (χ0v) is 13.9. The highest BCUT2D eigenvalue weighted by atomic mass is 16.5. The van der Waals surface area contributed by atoms with E-state index in [-0.39, 0.29) is 28.0 Å². The Bertz CT molecular complexity index is 1110. The SMILES string of the molecule is COC(=O)c1ccc(-c2c(C#N)[n+](=O)c3ccc(OC)cc3n2[O-])cc1. The average Bonchev–Trinajstić information content (AvgIpc) is 2.69. The molecular weight excluding hydrogens is 338 g/mol. The number of hydrogen-bond acceptors (Lipinski definition) is 6. The van der Waals surface area contributed by atoms with E-state index in [0.29, 0.717) is 20.5 Å². The van der Waals surface area contributed by atoms with Gasteiger partial charge in [-0.3, -0.25) is 0 Å². The lowest BCUT2D eigenvalue weighted by Gasteiger charge is -2.18. The van der Waals surface area contributed by atoms with Crippen molar-refractivity contribution in [1.82, 2.24) is 4.73 Å². The molecular formula is C18H13N3O5. The maximum absolute atomic E-state index is 12.9. The molecule has 0 fully saturated rings. The zero-order valence-electron chi connectivity index (χ0n) is 13.9. The number of carbonyl (C=O) groups is 1. The number of carbonyl (C=O) groups excluding carboxylic acids is 1. The fourth-order valence-electron chi connectivity index (χ4n) is 2.63. The summed E-state index contributed by atoms with van der Waals surface area (Å²) in [5.41, 5.74) is 0.254. The number of fused-ring (bicyclic) bond motifs is 1. The second kappa shape index (κ2) is 6.57. The molecule has 1 heterocycles. The van der Waals surface area contributed by atoms with E-state index in [2.05, 4.69) is 4.74 Å². The number of hydrogen-bond donors (Lipinski definition) is 0. The lowest BCUT2D eigenvalue weighted by atomic mass is 10.1. The van der Waals surface area contributed by atoms with Crippen LogP contribution < -0.4 is 9.16 Å². The fourth-order valence-corrected chi connectivity index (χ4v) is 2.63. The number of nitrogens with zero attached hydrogens (tertiary/aromatic N) is 3. The fraction of sp³-hybridized carbons (Fsp3) is 0.111. The van der Waals surface area contributed by atoms with Gasteiger partial charge in [-0.05, 0) is 18.2 Å². The highest BCUT2D eigenvalue weighted by Gasteiger charge is 2.24. The van der Waals surface area contributed by atoms with Crippen LogP contribution in [0.25, 0.3) is 22.3 Å². The van der Waals surface area contributed by atoms with Gasteiger partial charge in [0.15, 0.2) is 6.07 Å². The second-order valence-electron chi connectivity index (χ2n) is 5.32. The third-order valence-corrected chi connectivity index (χ3v) is 3.94. The molecule has 26 heavy (non-hydrogen) atoms. The summed E-state index contributed by atoms with van der Waals surface area (Å²) < 4.78 is 10.6. The summed E-state index contributed by atoms with van der Waals surface area (Å²) in [6, 6.07) is 12.0. The molecule has 0 radical (unpaired) electrons. The maximum atomic E-state index is 12.9. The van der Waals surface area contributed by atoms with Gasteiger partial charge >= 0.3 is 11.7 Å². The van der Waals surface area contributed by atoms with Gasteiger partial charge < -0.3 is 19.4 Å². The second-order valence-corrected chi connectivity index (χ2v) is 5.32. The van der Waals surface area contributed by atoms with Crippen LogP contribution in [-0.2, 0) is 4.74 Å². The van der Waals surface area contributed by atoms with Crippen LogP contribution >= 0.6 is 0 Å². The van der Waals surface area contributed by atoms with E-state index in [4.69, 9.17) is 4.74 Å². The summed E-state index contributed by atoms with van der Waals surface area (Å²) >= 11 is 0. The van der Waals surface area contributed by atoms with Crippen molar-refractivity contribution in [3.05, 3.63) is 63.8 Å². The van der Waals surface area contributed by atoms with E-state index in [1.54, 1.807) is 6.07 Å². The normalized spacial score (nSPS) is 10.3. The minimum Gasteiger partial charge on any atom is -0.805 e. The van der Waals surface area contributed by atoms with Crippen molar-refractivity contribution < 1.29 is 18.7 Å². The molecule has 2 aromatic carbocycles. The summed E-state index contributed by atoms with van der Waals surface area (Å²) in [4.78, 5) is 24.1. The molecule has 0 unspecified atom stereocenters. The maximum Gasteiger partial charge on any atom is 0.363 e. The van der Waals surface area contributed by atoms with E-state index >= 15 is 0 Å². The summed E-state index contributed by atoms with van der Waals surface area (Å²) in [5, 5.41) is 22.3. The van der Waals surface area contributed by atoms with Crippen LogP contribution in [0.1, 0.15) is 16.1 Å². The largest absolute Gasteiger partial charge is 0.805 e. The van der Waals surface area contributed by atoms with E-state index < -0.39 is 5.97 Å². The number of methoxy groups -OCH3 is 2. The van der Waals surface area contributed by atoms with Crippen LogP contribution in [-0.4, -0.2) is 24.9 Å². The molecule has 0 N–H and O–H groups in total. The highest BCUT2D eigenvalue weighted by molar-refractivity contribution is 5.90. The van der Waals surface area contributed by atoms with Gasteiger partial charge in [0.05, 0.1) is 24.2 Å².